The van der Waals surface area contributed by atoms with Crippen LogP contribution >= 0.6 is 0 Å². The molecule has 5 atom stereocenters. The fourth-order valence-electron chi connectivity index (χ4n) is 4.22. The van der Waals surface area contributed by atoms with Gasteiger partial charge in [-0.2, -0.15) is 0 Å². The molecule has 34 heavy (non-hydrogen) atoms. The smallest absolute Gasteiger partial charge is 0.344 e. The molecule has 4 N–H and O–H groups in total. The summed E-state index contributed by atoms with van der Waals surface area (Å²) in [5.74, 6) is -0.834. The van der Waals surface area contributed by atoms with Gasteiger partial charge in [-0.25, -0.2) is 9.59 Å². The van der Waals surface area contributed by atoms with E-state index in [1.807, 2.05) is 0 Å². The SMILES string of the molecule is COc1cc2c(=O)oc3c(OC)c(OC4OC(C)C(O)C(O)C4O)cc4c(=O)oc(c1O)c2c34. The van der Waals surface area contributed by atoms with Crippen LogP contribution in [0.2, 0.25) is 0 Å². The number of hydrogen-bond donors (Lipinski definition) is 4. The second kappa shape index (κ2) is 7.74. The van der Waals surface area contributed by atoms with Gasteiger partial charge in [0.1, 0.15) is 18.3 Å². The first-order valence-electron chi connectivity index (χ1n) is 10.2. The topological polar surface area (TPSA) is 178 Å². The molecule has 3 heterocycles. The van der Waals surface area contributed by atoms with Crippen molar-refractivity contribution in [1.29, 1.82) is 0 Å². The van der Waals surface area contributed by atoms with Gasteiger partial charge in [0.25, 0.3) is 0 Å². The van der Waals surface area contributed by atoms with Gasteiger partial charge >= 0.3 is 11.3 Å². The zero-order valence-electron chi connectivity index (χ0n) is 18.1. The van der Waals surface area contributed by atoms with Crippen molar-refractivity contribution in [2.45, 2.75) is 37.6 Å². The monoisotopic (exact) mass is 476 g/mol. The van der Waals surface area contributed by atoms with E-state index < -0.39 is 47.7 Å². The molecule has 5 unspecified atom stereocenters. The quantitative estimate of drug-likeness (QED) is 0.236. The Morgan fingerprint density at radius 3 is 2.03 bits per heavy atom. The summed E-state index contributed by atoms with van der Waals surface area (Å²) in [6.45, 7) is 1.47. The molecule has 1 aliphatic rings. The van der Waals surface area contributed by atoms with E-state index in [-0.39, 0.29) is 50.0 Å². The highest BCUT2D eigenvalue weighted by atomic mass is 16.7. The molecule has 0 bridgehead atoms. The van der Waals surface area contributed by atoms with Gasteiger partial charge in [-0.3, -0.25) is 0 Å². The van der Waals surface area contributed by atoms with Crippen molar-refractivity contribution < 1.29 is 48.2 Å². The van der Waals surface area contributed by atoms with E-state index in [0.29, 0.717) is 0 Å². The molecule has 1 aliphatic heterocycles. The predicted molar refractivity (Wildman–Crippen MR) is 115 cm³/mol. The Hall–Kier alpha value is -3.58. The van der Waals surface area contributed by atoms with E-state index in [2.05, 4.69) is 0 Å². The minimum absolute atomic E-state index is 0.00130. The van der Waals surface area contributed by atoms with Gasteiger partial charge in [-0.15, -0.1) is 0 Å². The molecule has 1 saturated heterocycles. The summed E-state index contributed by atoms with van der Waals surface area (Å²) in [5.41, 5.74) is -2.16. The number of phenolic OH excluding ortho intramolecular Hbond substituents is 1. The lowest BCUT2D eigenvalue weighted by molar-refractivity contribution is -0.268. The number of ether oxygens (including phenoxy) is 4. The Kier molecular flexibility index (Phi) is 5.06. The Balaban J connectivity index is 1.79. The molecule has 0 radical (unpaired) electrons. The molecule has 0 spiro atoms. The molecule has 2 aromatic heterocycles. The van der Waals surface area contributed by atoms with E-state index >= 15 is 0 Å². The highest BCUT2D eigenvalue weighted by molar-refractivity contribution is 6.22. The summed E-state index contributed by atoms with van der Waals surface area (Å²) in [5, 5.41) is 41.0. The van der Waals surface area contributed by atoms with Crippen LogP contribution in [-0.2, 0) is 4.74 Å². The van der Waals surface area contributed by atoms with Crippen LogP contribution in [0.15, 0.2) is 30.6 Å². The van der Waals surface area contributed by atoms with Crippen LogP contribution in [0.25, 0.3) is 32.7 Å². The van der Waals surface area contributed by atoms with Crippen molar-refractivity contribution in [3.05, 3.63) is 33.0 Å². The van der Waals surface area contributed by atoms with Gasteiger partial charge in [0.15, 0.2) is 22.7 Å². The summed E-state index contributed by atoms with van der Waals surface area (Å²) in [7, 11) is 2.54. The van der Waals surface area contributed by atoms with Gasteiger partial charge in [0.05, 0.1) is 31.1 Å². The van der Waals surface area contributed by atoms with Crippen molar-refractivity contribution in [3.63, 3.8) is 0 Å². The van der Waals surface area contributed by atoms with Crippen molar-refractivity contribution in [2.24, 2.45) is 0 Å². The maximum absolute atomic E-state index is 12.9. The Labute approximate surface area is 189 Å². The maximum Gasteiger partial charge on any atom is 0.344 e. The first-order chi connectivity index (χ1) is 16.2. The molecular weight excluding hydrogens is 456 g/mol. The highest BCUT2D eigenvalue weighted by Crippen LogP contribution is 2.46. The molecular formula is C22H20O12. The van der Waals surface area contributed by atoms with Gasteiger partial charge in [-0.05, 0) is 19.1 Å². The van der Waals surface area contributed by atoms with Gasteiger partial charge in [-0.1, -0.05) is 0 Å². The van der Waals surface area contributed by atoms with Crippen LogP contribution in [0, 0.1) is 0 Å². The number of hydrogen-bond acceptors (Lipinski definition) is 12. The number of aromatic hydroxyl groups is 1. The third-order valence-corrected chi connectivity index (χ3v) is 5.98. The lowest BCUT2D eigenvalue weighted by Gasteiger charge is -2.39. The number of aliphatic hydroxyl groups is 3. The summed E-state index contributed by atoms with van der Waals surface area (Å²) >= 11 is 0. The molecule has 4 aromatic rings. The molecule has 1 fully saturated rings. The highest BCUT2D eigenvalue weighted by Gasteiger charge is 2.43. The third-order valence-electron chi connectivity index (χ3n) is 5.98. The molecule has 0 saturated carbocycles. The van der Waals surface area contributed by atoms with Crippen molar-refractivity contribution >= 4 is 32.7 Å². The minimum atomic E-state index is -1.64. The predicted octanol–water partition coefficient (Wildman–Crippen LogP) is 0.419. The van der Waals surface area contributed by atoms with E-state index in [4.69, 9.17) is 27.8 Å². The van der Waals surface area contributed by atoms with E-state index in [1.54, 1.807) is 0 Å². The molecule has 180 valence electrons. The van der Waals surface area contributed by atoms with Crippen molar-refractivity contribution in [3.8, 4) is 23.0 Å². The Morgan fingerprint density at radius 2 is 1.41 bits per heavy atom. The summed E-state index contributed by atoms with van der Waals surface area (Å²) < 4.78 is 32.4. The molecule has 5 rings (SSSR count). The van der Waals surface area contributed by atoms with E-state index in [9.17, 15) is 30.0 Å². The lowest BCUT2D eigenvalue weighted by Crippen LogP contribution is -2.58. The molecule has 0 aliphatic carbocycles. The van der Waals surface area contributed by atoms with Gasteiger partial charge in [0, 0.05) is 10.8 Å². The van der Waals surface area contributed by atoms with Crippen molar-refractivity contribution in [2.75, 3.05) is 14.2 Å². The Bertz CT molecular complexity index is 1520. The second-order valence-corrected chi connectivity index (χ2v) is 7.92. The van der Waals surface area contributed by atoms with Crippen LogP contribution in [0.5, 0.6) is 23.0 Å². The van der Waals surface area contributed by atoms with Crippen LogP contribution in [-0.4, -0.2) is 65.4 Å². The average Bonchev–Trinajstić information content (AvgIpc) is 2.81. The van der Waals surface area contributed by atoms with Crippen LogP contribution in [0.1, 0.15) is 6.92 Å². The summed E-state index contributed by atoms with van der Waals surface area (Å²) in [6.07, 6.45) is -6.90. The first kappa shape index (κ1) is 22.2. The fourth-order valence-corrected chi connectivity index (χ4v) is 4.22. The Morgan fingerprint density at radius 1 is 0.824 bits per heavy atom. The zero-order valence-corrected chi connectivity index (χ0v) is 18.1. The standard InChI is InChI=1S/C22H20O12/c1-6-13(23)15(25)16(26)22(31-6)32-10-5-8-12-11-7(21(28)34-19(12)17(10)30-3)4-9(29-2)14(24)18(11)33-20(8)27/h4-6,13,15-16,22-26H,1-3H3. The lowest BCUT2D eigenvalue weighted by atomic mass is 10.00. The van der Waals surface area contributed by atoms with Gasteiger partial charge < -0.3 is 48.2 Å². The van der Waals surface area contributed by atoms with Crippen molar-refractivity contribution in [1.82, 2.24) is 0 Å². The van der Waals surface area contributed by atoms with Crippen LogP contribution in [0.4, 0.5) is 0 Å². The average molecular weight is 476 g/mol. The summed E-state index contributed by atoms with van der Waals surface area (Å²) in [6, 6.07) is 2.50. The molecule has 0 amide bonds. The first-order valence-corrected chi connectivity index (χ1v) is 10.2. The van der Waals surface area contributed by atoms with Crippen LogP contribution in [0.3, 0.4) is 0 Å². The fraction of sp³-hybridized carbons (Fsp3) is 0.364. The normalized spacial score (nSPS) is 25.3. The van der Waals surface area contributed by atoms with Gasteiger partial charge in [0.2, 0.25) is 17.8 Å². The molecule has 12 heteroatoms. The minimum Gasteiger partial charge on any atom is -0.502 e. The maximum atomic E-state index is 12.9. The number of methoxy groups -OCH3 is 2. The zero-order chi connectivity index (χ0) is 24.5. The number of rotatable bonds is 4. The van der Waals surface area contributed by atoms with E-state index in [0.717, 1.165) is 0 Å². The second-order valence-electron chi connectivity index (χ2n) is 7.92. The van der Waals surface area contributed by atoms with Crippen LogP contribution < -0.4 is 25.5 Å². The molecule has 12 nitrogen and oxygen atoms in total. The van der Waals surface area contributed by atoms with E-state index in [1.165, 1.54) is 33.3 Å². The number of phenols is 1. The largest absolute Gasteiger partial charge is 0.502 e. The summed E-state index contributed by atoms with van der Waals surface area (Å²) in [4.78, 5) is 25.7. The number of aliphatic hydroxyl groups excluding tert-OH is 3. The number of benzene rings is 2. The third kappa shape index (κ3) is 3.00. The molecule has 2 aromatic carbocycles.